The molecule has 1 heterocycles. The first-order chi connectivity index (χ1) is 5.69. The van der Waals surface area contributed by atoms with Gasteiger partial charge < -0.3 is 15.3 Å². The molecule has 0 spiro atoms. The topological polar surface area (TPSA) is 69.6 Å². The fourth-order valence-corrected chi connectivity index (χ4v) is 1.15. The lowest BCUT2D eigenvalue weighted by Gasteiger charge is -2.37. The molecule has 0 unspecified atom stereocenters. The van der Waals surface area contributed by atoms with Crippen LogP contribution in [0.2, 0.25) is 0 Å². The van der Waals surface area contributed by atoms with Crippen LogP contribution in [0.4, 0.5) is 0 Å². The maximum atomic E-state index is 10.9. The van der Waals surface area contributed by atoms with Gasteiger partial charge in [-0.05, 0) is 0 Å². The molecule has 1 aliphatic rings. The maximum Gasteiger partial charge on any atom is 0.248 e. The average molecular weight is 172 g/mol. The van der Waals surface area contributed by atoms with Gasteiger partial charge in [-0.2, -0.15) is 0 Å². The molecule has 1 aliphatic heterocycles. The highest BCUT2D eigenvalue weighted by Crippen LogP contribution is 2.14. The van der Waals surface area contributed by atoms with E-state index in [0.717, 1.165) is 0 Å². The number of nitrogens with one attached hydrogen (secondary N) is 1. The molecular weight excluding hydrogens is 160 g/mol. The van der Waals surface area contributed by atoms with Crippen molar-refractivity contribution < 1.29 is 14.7 Å². The standard InChI is InChI=1S/C7H12N2O3/c1-8-7(12)5-2-9(3-5)6(11)4-10/h5,10H,2-4H2,1H3,(H,8,12). The first kappa shape index (κ1) is 8.99. The van der Waals surface area contributed by atoms with Crippen LogP contribution >= 0.6 is 0 Å². The first-order valence-electron chi connectivity index (χ1n) is 3.79. The molecule has 2 N–H and O–H groups in total. The smallest absolute Gasteiger partial charge is 0.248 e. The third kappa shape index (κ3) is 1.55. The van der Waals surface area contributed by atoms with Crippen molar-refractivity contribution in [1.29, 1.82) is 0 Å². The van der Waals surface area contributed by atoms with Gasteiger partial charge >= 0.3 is 0 Å². The monoisotopic (exact) mass is 172 g/mol. The van der Waals surface area contributed by atoms with Crippen LogP contribution < -0.4 is 5.32 Å². The summed E-state index contributed by atoms with van der Waals surface area (Å²) >= 11 is 0. The molecule has 0 aliphatic carbocycles. The zero-order valence-electron chi connectivity index (χ0n) is 6.91. The number of carbonyl (C=O) groups excluding carboxylic acids is 2. The van der Waals surface area contributed by atoms with Gasteiger partial charge in [0.25, 0.3) is 0 Å². The van der Waals surface area contributed by atoms with Crippen molar-refractivity contribution in [3.63, 3.8) is 0 Å². The molecule has 5 nitrogen and oxygen atoms in total. The predicted molar refractivity (Wildman–Crippen MR) is 41.2 cm³/mol. The summed E-state index contributed by atoms with van der Waals surface area (Å²) in [6, 6.07) is 0. The lowest BCUT2D eigenvalue weighted by molar-refractivity contribution is -0.145. The molecule has 1 fully saturated rings. The number of aliphatic hydroxyl groups excluding tert-OH is 1. The van der Waals surface area contributed by atoms with E-state index >= 15 is 0 Å². The summed E-state index contributed by atoms with van der Waals surface area (Å²) in [5.74, 6) is -0.447. The van der Waals surface area contributed by atoms with Gasteiger partial charge in [-0.25, -0.2) is 0 Å². The lowest BCUT2D eigenvalue weighted by Crippen LogP contribution is -2.56. The highest BCUT2D eigenvalue weighted by molar-refractivity contribution is 5.84. The Hall–Kier alpha value is -1.10. The zero-order chi connectivity index (χ0) is 9.14. The van der Waals surface area contributed by atoms with E-state index in [0.29, 0.717) is 13.1 Å². The molecular formula is C7H12N2O3. The summed E-state index contributed by atoms with van der Waals surface area (Å²) in [6.07, 6.45) is 0. The normalized spacial score (nSPS) is 17.0. The van der Waals surface area contributed by atoms with Crippen molar-refractivity contribution in [1.82, 2.24) is 10.2 Å². The van der Waals surface area contributed by atoms with Crippen LogP contribution in [-0.4, -0.2) is 48.6 Å². The summed E-state index contributed by atoms with van der Waals surface area (Å²) in [7, 11) is 1.57. The van der Waals surface area contributed by atoms with Gasteiger partial charge in [-0.1, -0.05) is 0 Å². The van der Waals surface area contributed by atoms with Gasteiger partial charge in [0, 0.05) is 20.1 Å². The van der Waals surface area contributed by atoms with Gasteiger partial charge in [0.2, 0.25) is 11.8 Å². The predicted octanol–water partition coefficient (Wildman–Crippen LogP) is -1.82. The Kier molecular flexibility index (Phi) is 2.65. The number of rotatable bonds is 2. The molecule has 68 valence electrons. The zero-order valence-corrected chi connectivity index (χ0v) is 6.91. The molecule has 0 radical (unpaired) electrons. The van der Waals surface area contributed by atoms with Crippen LogP contribution in [0, 0.1) is 5.92 Å². The summed E-state index contributed by atoms with van der Waals surface area (Å²) in [4.78, 5) is 23.2. The number of aliphatic hydroxyl groups is 1. The Balaban J connectivity index is 2.28. The summed E-state index contributed by atoms with van der Waals surface area (Å²) in [6.45, 7) is 0.387. The SMILES string of the molecule is CNC(=O)C1CN(C(=O)CO)C1. The summed E-state index contributed by atoms with van der Waals surface area (Å²) in [5, 5.41) is 11.0. The van der Waals surface area contributed by atoms with E-state index in [1.54, 1.807) is 7.05 Å². The largest absolute Gasteiger partial charge is 0.387 e. The van der Waals surface area contributed by atoms with Crippen LogP contribution in [0.15, 0.2) is 0 Å². The fraction of sp³-hybridized carbons (Fsp3) is 0.714. The Morgan fingerprint density at radius 1 is 1.58 bits per heavy atom. The maximum absolute atomic E-state index is 10.9. The second-order valence-electron chi connectivity index (χ2n) is 2.77. The van der Waals surface area contributed by atoms with Crippen LogP contribution in [0.5, 0.6) is 0 Å². The second kappa shape index (κ2) is 3.53. The minimum Gasteiger partial charge on any atom is -0.387 e. The van der Waals surface area contributed by atoms with Crippen molar-refractivity contribution >= 4 is 11.8 Å². The van der Waals surface area contributed by atoms with Crippen LogP contribution in [0.1, 0.15) is 0 Å². The van der Waals surface area contributed by atoms with Gasteiger partial charge in [0.15, 0.2) is 0 Å². The number of likely N-dealkylation sites (tertiary alicyclic amines) is 1. The van der Waals surface area contributed by atoms with Gasteiger partial charge in [-0.3, -0.25) is 9.59 Å². The number of carbonyl (C=O) groups is 2. The Morgan fingerprint density at radius 3 is 2.58 bits per heavy atom. The van der Waals surface area contributed by atoms with E-state index in [4.69, 9.17) is 5.11 Å². The molecule has 0 atom stereocenters. The first-order valence-corrected chi connectivity index (χ1v) is 3.79. The Morgan fingerprint density at radius 2 is 2.17 bits per heavy atom. The molecule has 0 aromatic heterocycles. The second-order valence-corrected chi connectivity index (χ2v) is 2.77. The fourth-order valence-electron chi connectivity index (χ4n) is 1.15. The van der Waals surface area contributed by atoms with E-state index in [-0.39, 0.29) is 17.7 Å². The minimum atomic E-state index is -0.472. The van der Waals surface area contributed by atoms with Crippen LogP contribution in [0.25, 0.3) is 0 Å². The number of hydrogen-bond acceptors (Lipinski definition) is 3. The molecule has 12 heavy (non-hydrogen) atoms. The summed E-state index contributed by atoms with van der Waals surface area (Å²) < 4.78 is 0. The molecule has 1 saturated heterocycles. The molecule has 0 bridgehead atoms. The number of amides is 2. The average Bonchev–Trinajstić information content (AvgIpc) is 2.01. The number of hydrogen-bond donors (Lipinski definition) is 2. The highest BCUT2D eigenvalue weighted by atomic mass is 16.3. The van der Waals surface area contributed by atoms with E-state index in [1.165, 1.54) is 4.90 Å². The summed E-state index contributed by atoms with van der Waals surface area (Å²) in [5.41, 5.74) is 0. The van der Waals surface area contributed by atoms with E-state index in [1.807, 2.05) is 0 Å². The van der Waals surface area contributed by atoms with E-state index < -0.39 is 6.61 Å². The molecule has 0 saturated carbocycles. The van der Waals surface area contributed by atoms with Crippen molar-refractivity contribution in [2.45, 2.75) is 0 Å². The van der Waals surface area contributed by atoms with Crippen LogP contribution in [0.3, 0.4) is 0 Å². The third-order valence-corrected chi connectivity index (χ3v) is 1.99. The van der Waals surface area contributed by atoms with Crippen molar-refractivity contribution in [2.24, 2.45) is 5.92 Å². The van der Waals surface area contributed by atoms with Gasteiger partial charge in [-0.15, -0.1) is 0 Å². The Labute approximate surface area is 70.4 Å². The Bertz CT molecular complexity index is 179. The quantitative estimate of drug-likeness (QED) is 0.515. The van der Waals surface area contributed by atoms with Crippen LogP contribution in [-0.2, 0) is 9.59 Å². The number of nitrogens with zero attached hydrogens (tertiary/aromatic N) is 1. The molecule has 0 aromatic rings. The molecule has 5 heteroatoms. The van der Waals surface area contributed by atoms with Crippen molar-refractivity contribution in [3.05, 3.63) is 0 Å². The molecule has 2 amide bonds. The minimum absolute atomic E-state index is 0.0445. The van der Waals surface area contributed by atoms with Gasteiger partial charge in [0.05, 0.1) is 5.92 Å². The third-order valence-electron chi connectivity index (χ3n) is 1.99. The van der Waals surface area contributed by atoms with E-state index in [9.17, 15) is 9.59 Å². The van der Waals surface area contributed by atoms with E-state index in [2.05, 4.69) is 5.32 Å². The van der Waals surface area contributed by atoms with Crippen molar-refractivity contribution in [3.8, 4) is 0 Å². The molecule has 0 aromatic carbocycles. The van der Waals surface area contributed by atoms with Gasteiger partial charge in [0.1, 0.15) is 6.61 Å². The lowest BCUT2D eigenvalue weighted by atomic mass is 9.99. The molecule has 1 rings (SSSR count). The van der Waals surface area contributed by atoms with Crippen molar-refractivity contribution in [2.75, 3.05) is 26.7 Å². The highest BCUT2D eigenvalue weighted by Gasteiger charge is 2.34.